The van der Waals surface area contributed by atoms with Gasteiger partial charge in [0.1, 0.15) is 0 Å². The van der Waals surface area contributed by atoms with Crippen LogP contribution in [0.3, 0.4) is 0 Å². The van der Waals surface area contributed by atoms with Crippen molar-refractivity contribution in [1.29, 1.82) is 0 Å². The molecule has 2 rings (SSSR count). The van der Waals surface area contributed by atoms with Gasteiger partial charge in [-0.3, -0.25) is 4.90 Å². The van der Waals surface area contributed by atoms with E-state index in [1.165, 1.54) is 58.0 Å². The number of hydrogen-bond acceptors (Lipinski definition) is 2. The maximum absolute atomic E-state index is 6.22. The summed E-state index contributed by atoms with van der Waals surface area (Å²) >= 11 is 0. The fourth-order valence-corrected chi connectivity index (χ4v) is 4.44. The normalized spacial score (nSPS) is 37.0. The molecule has 2 unspecified atom stereocenters. The first-order chi connectivity index (χ1) is 8.51. The lowest BCUT2D eigenvalue weighted by Gasteiger charge is -2.50. The molecule has 0 aromatic rings. The van der Waals surface area contributed by atoms with E-state index in [-0.39, 0.29) is 0 Å². The second-order valence-electron chi connectivity index (χ2n) is 7.51. The van der Waals surface area contributed by atoms with Gasteiger partial charge in [-0.25, -0.2) is 0 Å². The SMILES string of the molecule is CCCC1CCN(C2(CN)CCCC(C)(C)C2)C1. The van der Waals surface area contributed by atoms with Crippen molar-refractivity contribution in [3.8, 4) is 0 Å². The van der Waals surface area contributed by atoms with Crippen LogP contribution in [0.25, 0.3) is 0 Å². The summed E-state index contributed by atoms with van der Waals surface area (Å²) in [5.74, 6) is 0.934. The second-order valence-corrected chi connectivity index (χ2v) is 7.51. The van der Waals surface area contributed by atoms with Crippen LogP contribution in [0.5, 0.6) is 0 Å². The third kappa shape index (κ3) is 2.91. The minimum absolute atomic E-state index is 0.324. The molecule has 2 nitrogen and oxygen atoms in total. The Morgan fingerprint density at radius 2 is 2.06 bits per heavy atom. The molecule has 1 aliphatic heterocycles. The summed E-state index contributed by atoms with van der Waals surface area (Å²) in [6.45, 7) is 10.6. The monoisotopic (exact) mass is 252 g/mol. The predicted molar refractivity (Wildman–Crippen MR) is 78.6 cm³/mol. The molecule has 0 amide bonds. The van der Waals surface area contributed by atoms with Crippen LogP contribution in [0.15, 0.2) is 0 Å². The van der Waals surface area contributed by atoms with Gasteiger partial charge in [0.05, 0.1) is 0 Å². The molecule has 0 spiro atoms. The van der Waals surface area contributed by atoms with Gasteiger partial charge in [-0.1, -0.05) is 33.6 Å². The zero-order chi connectivity index (χ0) is 13.2. The van der Waals surface area contributed by atoms with Crippen molar-refractivity contribution in [2.24, 2.45) is 17.1 Å². The molecule has 2 atom stereocenters. The number of nitrogens with zero attached hydrogens (tertiary/aromatic N) is 1. The lowest BCUT2D eigenvalue weighted by atomic mass is 9.67. The Kier molecular flexibility index (Phi) is 4.38. The zero-order valence-electron chi connectivity index (χ0n) is 12.7. The molecule has 1 aliphatic carbocycles. The minimum Gasteiger partial charge on any atom is -0.329 e. The summed E-state index contributed by atoms with van der Waals surface area (Å²) in [6.07, 6.45) is 9.50. The molecule has 1 heterocycles. The van der Waals surface area contributed by atoms with Gasteiger partial charge >= 0.3 is 0 Å². The smallest absolute Gasteiger partial charge is 0.0336 e. The van der Waals surface area contributed by atoms with Crippen LogP contribution in [0.4, 0.5) is 0 Å². The van der Waals surface area contributed by atoms with E-state index in [0.29, 0.717) is 11.0 Å². The van der Waals surface area contributed by atoms with E-state index < -0.39 is 0 Å². The third-order valence-corrected chi connectivity index (χ3v) is 5.34. The number of hydrogen-bond donors (Lipinski definition) is 1. The van der Waals surface area contributed by atoms with Gasteiger partial charge in [0.15, 0.2) is 0 Å². The van der Waals surface area contributed by atoms with Crippen LogP contribution in [-0.4, -0.2) is 30.1 Å². The van der Waals surface area contributed by atoms with E-state index in [0.717, 1.165) is 12.5 Å². The van der Waals surface area contributed by atoms with Crippen LogP contribution in [0.1, 0.15) is 65.7 Å². The van der Waals surface area contributed by atoms with Crippen LogP contribution in [-0.2, 0) is 0 Å². The van der Waals surface area contributed by atoms with Gasteiger partial charge in [-0.2, -0.15) is 0 Å². The van der Waals surface area contributed by atoms with Crippen LogP contribution in [0, 0.1) is 11.3 Å². The van der Waals surface area contributed by atoms with Crippen molar-refractivity contribution in [3.63, 3.8) is 0 Å². The molecule has 2 aliphatic rings. The van der Waals surface area contributed by atoms with Gasteiger partial charge < -0.3 is 5.73 Å². The molecule has 0 bridgehead atoms. The molecular formula is C16H32N2. The fourth-order valence-electron chi connectivity index (χ4n) is 4.44. The molecule has 1 saturated heterocycles. The Morgan fingerprint density at radius 3 is 2.67 bits per heavy atom. The molecule has 2 heteroatoms. The van der Waals surface area contributed by atoms with Crippen LogP contribution >= 0.6 is 0 Å². The maximum atomic E-state index is 6.22. The first kappa shape index (κ1) is 14.3. The standard InChI is InChI=1S/C16H32N2/c1-4-6-14-7-10-18(11-14)16(13-17)9-5-8-15(2,3)12-16/h14H,4-13,17H2,1-3H3. The Bertz CT molecular complexity index is 274. The Hall–Kier alpha value is -0.0800. The number of nitrogens with two attached hydrogens (primary N) is 1. The summed E-state index contributed by atoms with van der Waals surface area (Å²) in [5.41, 5.74) is 7.03. The Morgan fingerprint density at radius 1 is 1.28 bits per heavy atom. The fraction of sp³-hybridized carbons (Fsp3) is 1.00. The number of likely N-dealkylation sites (tertiary alicyclic amines) is 1. The van der Waals surface area contributed by atoms with Gasteiger partial charge in [0, 0.05) is 18.6 Å². The quantitative estimate of drug-likeness (QED) is 0.831. The molecular weight excluding hydrogens is 220 g/mol. The Labute approximate surface area is 113 Å². The highest BCUT2D eigenvalue weighted by atomic mass is 15.2. The molecule has 0 aromatic carbocycles. The summed E-state index contributed by atoms with van der Waals surface area (Å²) in [6, 6.07) is 0. The van der Waals surface area contributed by atoms with E-state index in [4.69, 9.17) is 5.73 Å². The van der Waals surface area contributed by atoms with Crippen molar-refractivity contribution in [2.75, 3.05) is 19.6 Å². The third-order valence-electron chi connectivity index (χ3n) is 5.34. The van der Waals surface area contributed by atoms with E-state index in [9.17, 15) is 0 Å². The van der Waals surface area contributed by atoms with Gasteiger partial charge in [-0.05, 0) is 50.0 Å². The molecule has 2 N–H and O–H groups in total. The van der Waals surface area contributed by atoms with Crippen molar-refractivity contribution in [2.45, 2.75) is 71.3 Å². The molecule has 1 saturated carbocycles. The Balaban J connectivity index is 2.04. The highest BCUT2D eigenvalue weighted by molar-refractivity contribution is 5.01. The summed E-state index contributed by atoms with van der Waals surface area (Å²) in [4.78, 5) is 2.76. The van der Waals surface area contributed by atoms with Gasteiger partial charge in [-0.15, -0.1) is 0 Å². The maximum Gasteiger partial charge on any atom is 0.0336 e. The first-order valence-corrected chi connectivity index (χ1v) is 7.96. The highest BCUT2D eigenvalue weighted by Crippen LogP contribution is 2.45. The van der Waals surface area contributed by atoms with Gasteiger partial charge in [0.2, 0.25) is 0 Å². The van der Waals surface area contributed by atoms with Crippen LogP contribution < -0.4 is 5.73 Å². The molecule has 0 radical (unpaired) electrons. The van der Waals surface area contributed by atoms with E-state index in [1.54, 1.807) is 0 Å². The molecule has 106 valence electrons. The average Bonchev–Trinajstić information content (AvgIpc) is 2.77. The minimum atomic E-state index is 0.324. The molecule has 2 fully saturated rings. The van der Waals surface area contributed by atoms with Crippen molar-refractivity contribution < 1.29 is 0 Å². The van der Waals surface area contributed by atoms with Crippen molar-refractivity contribution >= 4 is 0 Å². The highest BCUT2D eigenvalue weighted by Gasteiger charge is 2.45. The average molecular weight is 252 g/mol. The lowest BCUT2D eigenvalue weighted by molar-refractivity contribution is 0.0231. The van der Waals surface area contributed by atoms with Crippen LogP contribution in [0.2, 0.25) is 0 Å². The van der Waals surface area contributed by atoms with Crippen molar-refractivity contribution in [1.82, 2.24) is 4.90 Å². The van der Waals surface area contributed by atoms with E-state index >= 15 is 0 Å². The van der Waals surface area contributed by atoms with Crippen molar-refractivity contribution in [3.05, 3.63) is 0 Å². The van der Waals surface area contributed by atoms with Gasteiger partial charge in [0.25, 0.3) is 0 Å². The largest absolute Gasteiger partial charge is 0.329 e. The predicted octanol–water partition coefficient (Wildman–Crippen LogP) is 3.41. The summed E-state index contributed by atoms with van der Waals surface area (Å²) in [7, 11) is 0. The molecule has 0 aromatic heterocycles. The topological polar surface area (TPSA) is 29.3 Å². The number of rotatable bonds is 4. The molecule has 18 heavy (non-hydrogen) atoms. The second kappa shape index (κ2) is 5.50. The summed E-state index contributed by atoms with van der Waals surface area (Å²) in [5, 5.41) is 0. The first-order valence-electron chi connectivity index (χ1n) is 7.96. The zero-order valence-corrected chi connectivity index (χ0v) is 12.7. The summed E-state index contributed by atoms with van der Waals surface area (Å²) < 4.78 is 0. The lowest BCUT2D eigenvalue weighted by Crippen LogP contribution is -2.56. The van der Waals surface area contributed by atoms with E-state index in [1.807, 2.05) is 0 Å². The van der Waals surface area contributed by atoms with E-state index in [2.05, 4.69) is 25.7 Å².